The van der Waals surface area contributed by atoms with Crippen LogP contribution in [0.2, 0.25) is 0 Å². The number of nitrogens with one attached hydrogen (secondary N) is 1. The zero-order valence-electron chi connectivity index (χ0n) is 12.3. The predicted molar refractivity (Wildman–Crippen MR) is 79.7 cm³/mol. The largest absolute Gasteiger partial charge is 0.355 e. The fourth-order valence-electron chi connectivity index (χ4n) is 2.43. The molecule has 1 fully saturated rings. The van der Waals surface area contributed by atoms with Gasteiger partial charge in [0, 0.05) is 31.9 Å². The summed E-state index contributed by atoms with van der Waals surface area (Å²) in [6.45, 7) is 5.21. The van der Waals surface area contributed by atoms with Crippen molar-refractivity contribution >= 4 is 11.8 Å². The van der Waals surface area contributed by atoms with Crippen LogP contribution < -0.4 is 10.2 Å². The molecule has 0 bridgehead atoms. The number of aromatic nitrogens is 2. The van der Waals surface area contributed by atoms with Gasteiger partial charge >= 0.3 is 0 Å². The molecule has 1 aromatic rings. The Morgan fingerprint density at radius 3 is 3.05 bits per heavy atom. The first kappa shape index (κ1) is 14.1. The summed E-state index contributed by atoms with van der Waals surface area (Å²) in [5.74, 6) is 1.78. The normalized spacial score (nSPS) is 19.8. The molecule has 0 spiro atoms. The monoisotopic (exact) mass is 263 g/mol. The fourth-order valence-corrected chi connectivity index (χ4v) is 2.43. The Hall–Kier alpha value is -1.36. The van der Waals surface area contributed by atoms with E-state index in [-0.39, 0.29) is 0 Å². The van der Waals surface area contributed by atoms with E-state index in [1.807, 2.05) is 12.3 Å². The lowest BCUT2D eigenvalue weighted by Crippen LogP contribution is -2.45. The smallest absolute Gasteiger partial charge is 0.224 e. The number of rotatable bonds is 5. The molecule has 0 aliphatic carbocycles. The van der Waals surface area contributed by atoms with Crippen LogP contribution in [0.5, 0.6) is 0 Å². The molecule has 0 saturated carbocycles. The second kappa shape index (κ2) is 6.70. The molecule has 0 aromatic carbocycles. The van der Waals surface area contributed by atoms with Gasteiger partial charge in [-0.1, -0.05) is 6.92 Å². The molecule has 106 valence electrons. The van der Waals surface area contributed by atoms with Crippen molar-refractivity contribution in [3.63, 3.8) is 0 Å². The summed E-state index contributed by atoms with van der Waals surface area (Å²) in [5, 5.41) is 3.25. The molecular weight excluding hydrogens is 238 g/mol. The first-order valence-electron chi connectivity index (χ1n) is 7.19. The van der Waals surface area contributed by atoms with Crippen molar-refractivity contribution in [1.82, 2.24) is 14.9 Å². The van der Waals surface area contributed by atoms with Crippen molar-refractivity contribution in [2.45, 2.75) is 32.2 Å². The van der Waals surface area contributed by atoms with Crippen LogP contribution in [0.4, 0.5) is 11.8 Å². The Kier molecular flexibility index (Phi) is 4.96. The van der Waals surface area contributed by atoms with Crippen molar-refractivity contribution in [2.24, 2.45) is 0 Å². The van der Waals surface area contributed by atoms with Crippen LogP contribution >= 0.6 is 0 Å². The maximum absolute atomic E-state index is 4.61. The third-order valence-electron chi connectivity index (χ3n) is 3.62. The molecule has 0 radical (unpaired) electrons. The molecule has 1 saturated heterocycles. The van der Waals surface area contributed by atoms with E-state index in [0.29, 0.717) is 6.04 Å². The highest BCUT2D eigenvalue weighted by Gasteiger charge is 2.22. The van der Waals surface area contributed by atoms with Crippen LogP contribution in [0.25, 0.3) is 0 Å². The number of likely N-dealkylation sites (N-methyl/N-ethyl adjacent to an activating group) is 1. The van der Waals surface area contributed by atoms with Crippen molar-refractivity contribution in [2.75, 3.05) is 43.9 Å². The molecule has 2 rings (SSSR count). The van der Waals surface area contributed by atoms with Gasteiger partial charge in [-0.15, -0.1) is 0 Å². The average molecular weight is 263 g/mol. The molecule has 1 aliphatic rings. The Morgan fingerprint density at radius 2 is 2.32 bits per heavy atom. The molecule has 1 atom stereocenters. The standard InChI is InChI=1S/C14H25N5/c1-4-8-15-14-16-9-7-13(17-14)19-10-5-6-12(11-19)18(2)3/h7,9,12H,4-6,8,10-11H2,1-3H3,(H,15,16,17). The summed E-state index contributed by atoms with van der Waals surface area (Å²) in [6.07, 6.45) is 5.43. The predicted octanol–water partition coefficient (Wildman–Crippen LogP) is 1.83. The highest BCUT2D eigenvalue weighted by Crippen LogP contribution is 2.20. The van der Waals surface area contributed by atoms with Gasteiger partial charge in [0.25, 0.3) is 0 Å². The van der Waals surface area contributed by atoms with E-state index in [4.69, 9.17) is 0 Å². The summed E-state index contributed by atoms with van der Waals surface area (Å²) in [4.78, 5) is 13.6. The second-order valence-corrected chi connectivity index (χ2v) is 5.37. The summed E-state index contributed by atoms with van der Waals surface area (Å²) in [5.41, 5.74) is 0. The third kappa shape index (κ3) is 3.80. The first-order chi connectivity index (χ1) is 9.20. The van der Waals surface area contributed by atoms with Crippen LogP contribution in [0.15, 0.2) is 12.3 Å². The summed E-state index contributed by atoms with van der Waals surface area (Å²) in [7, 11) is 4.31. The van der Waals surface area contributed by atoms with E-state index < -0.39 is 0 Å². The zero-order valence-corrected chi connectivity index (χ0v) is 12.3. The topological polar surface area (TPSA) is 44.3 Å². The van der Waals surface area contributed by atoms with E-state index in [2.05, 4.69) is 46.1 Å². The van der Waals surface area contributed by atoms with E-state index in [1.165, 1.54) is 12.8 Å². The maximum atomic E-state index is 4.61. The Morgan fingerprint density at radius 1 is 1.47 bits per heavy atom. The van der Waals surface area contributed by atoms with E-state index in [1.54, 1.807) is 0 Å². The first-order valence-corrected chi connectivity index (χ1v) is 7.19. The Labute approximate surface area is 116 Å². The van der Waals surface area contributed by atoms with Gasteiger partial charge in [-0.3, -0.25) is 0 Å². The number of piperidine rings is 1. The van der Waals surface area contributed by atoms with Crippen LogP contribution in [-0.2, 0) is 0 Å². The second-order valence-electron chi connectivity index (χ2n) is 5.37. The summed E-state index contributed by atoms with van der Waals surface area (Å²) in [6, 6.07) is 2.63. The average Bonchev–Trinajstić information content (AvgIpc) is 2.45. The molecule has 1 unspecified atom stereocenters. The summed E-state index contributed by atoms with van der Waals surface area (Å²) < 4.78 is 0. The molecule has 19 heavy (non-hydrogen) atoms. The minimum absolute atomic E-state index is 0.621. The van der Waals surface area contributed by atoms with Gasteiger partial charge in [-0.05, 0) is 39.4 Å². The zero-order chi connectivity index (χ0) is 13.7. The van der Waals surface area contributed by atoms with Gasteiger partial charge < -0.3 is 15.1 Å². The fraction of sp³-hybridized carbons (Fsp3) is 0.714. The van der Waals surface area contributed by atoms with Crippen molar-refractivity contribution in [3.05, 3.63) is 12.3 Å². The minimum Gasteiger partial charge on any atom is -0.355 e. The molecule has 5 nitrogen and oxygen atoms in total. The minimum atomic E-state index is 0.621. The Balaban J connectivity index is 2.04. The third-order valence-corrected chi connectivity index (χ3v) is 3.62. The van der Waals surface area contributed by atoms with Crippen molar-refractivity contribution in [1.29, 1.82) is 0 Å². The lowest BCUT2D eigenvalue weighted by atomic mass is 10.1. The molecule has 0 amide bonds. The van der Waals surface area contributed by atoms with Gasteiger partial charge in [-0.2, -0.15) is 4.98 Å². The maximum Gasteiger partial charge on any atom is 0.224 e. The number of hydrogen-bond donors (Lipinski definition) is 1. The van der Waals surface area contributed by atoms with E-state index in [0.717, 1.165) is 37.8 Å². The van der Waals surface area contributed by atoms with E-state index >= 15 is 0 Å². The molecule has 2 heterocycles. The quantitative estimate of drug-likeness (QED) is 0.878. The molecular formula is C14H25N5. The number of nitrogens with zero attached hydrogens (tertiary/aromatic N) is 4. The Bertz CT molecular complexity index is 393. The van der Waals surface area contributed by atoms with Gasteiger partial charge in [0.15, 0.2) is 0 Å². The molecule has 1 aromatic heterocycles. The highest BCUT2D eigenvalue weighted by atomic mass is 15.3. The number of anilines is 2. The van der Waals surface area contributed by atoms with Crippen LogP contribution in [0.3, 0.4) is 0 Å². The lowest BCUT2D eigenvalue weighted by molar-refractivity contribution is 0.257. The van der Waals surface area contributed by atoms with Crippen LogP contribution in [-0.4, -0.2) is 54.6 Å². The van der Waals surface area contributed by atoms with Crippen LogP contribution in [0, 0.1) is 0 Å². The highest BCUT2D eigenvalue weighted by molar-refractivity contribution is 5.43. The van der Waals surface area contributed by atoms with Gasteiger partial charge in [0.1, 0.15) is 5.82 Å². The number of hydrogen-bond acceptors (Lipinski definition) is 5. The lowest BCUT2D eigenvalue weighted by Gasteiger charge is -2.36. The van der Waals surface area contributed by atoms with Crippen molar-refractivity contribution in [3.8, 4) is 0 Å². The van der Waals surface area contributed by atoms with Gasteiger partial charge in [0.05, 0.1) is 0 Å². The van der Waals surface area contributed by atoms with Crippen molar-refractivity contribution < 1.29 is 0 Å². The molecule has 1 aliphatic heterocycles. The molecule has 5 heteroatoms. The van der Waals surface area contributed by atoms with E-state index in [9.17, 15) is 0 Å². The van der Waals surface area contributed by atoms with Crippen LogP contribution in [0.1, 0.15) is 26.2 Å². The SMILES string of the molecule is CCCNc1nccc(N2CCCC(N(C)C)C2)n1. The molecule has 1 N–H and O–H groups in total. The van der Waals surface area contributed by atoms with Gasteiger partial charge in [-0.25, -0.2) is 4.98 Å². The summed E-state index contributed by atoms with van der Waals surface area (Å²) >= 11 is 0. The van der Waals surface area contributed by atoms with Gasteiger partial charge in [0.2, 0.25) is 5.95 Å².